The maximum Gasteiger partial charge on any atom is 0.267 e. The molecular weight excluding hydrogens is 382 g/mol. The molecule has 22 heavy (non-hydrogen) atoms. The van der Waals surface area contributed by atoms with E-state index in [0.717, 1.165) is 31.4 Å². The van der Waals surface area contributed by atoms with E-state index in [-0.39, 0.29) is 5.91 Å². The number of carbonyl (C=O) groups is 1. The van der Waals surface area contributed by atoms with Gasteiger partial charge in [-0.25, -0.2) is 0 Å². The standard InChI is InChI=1S/C17H13BrClNOS/c1-9-4-6-13(12(18)7-9)20-17(21)16-15(19)11-5-3-10(2)8-14(11)22-16/h3-8H,1-2H3,(H,20,21). The zero-order valence-corrected chi connectivity index (χ0v) is 15.2. The van der Waals surface area contributed by atoms with Gasteiger partial charge in [0.2, 0.25) is 0 Å². The minimum atomic E-state index is -0.187. The number of halogens is 2. The highest BCUT2D eigenvalue weighted by Gasteiger charge is 2.18. The summed E-state index contributed by atoms with van der Waals surface area (Å²) in [5.41, 5.74) is 3.01. The fourth-order valence-corrected chi connectivity index (χ4v) is 4.32. The Morgan fingerprint density at radius 2 is 1.82 bits per heavy atom. The molecule has 0 unspecified atom stereocenters. The van der Waals surface area contributed by atoms with E-state index in [2.05, 4.69) is 21.2 Å². The van der Waals surface area contributed by atoms with Crippen LogP contribution in [0.5, 0.6) is 0 Å². The van der Waals surface area contributed by atoms with Crippen LogP contribution in [0.15, 0.2) is 40.9 Å². The van der Waals surface area contributed by atoms with Gasteiger partial charge in [0.05, 0.1) is 10.7 Å². The number of rotatable bonds is 2. The molecule has 0 radical (unpaired) electrons. The van der Waals surface area contributed by atoms with Gasteiger partial charge in [0.25, 0.3) is 5.91 Å². The quantitative estimate of drug-likeness (QED) is 0.552. The zero-order valence-electron chi connectivity index (χ0n) is 12.0. The van der Waals surface area contributed by atoms with Gasteiger partial charge in [-0.3, -0.25) is 4.79 Å². The van der Waals surface area contributed by atoms with Gasteiger partial charge in [0.1, 0.15) is 4.88 Å². The molecule has 112 valence electrons. The van der Waals surface area contributed by atoms with E-state index in [0.29, 0.717) is 9.90 Å². The predicted octanol–water partition coefficient (Wildman–Crippen LogP) is 6.19. The fourth-order valence-electron chi connectivity index (χ4n) is 2.22. The Balaban J connectivity index is 1.97. The Morgan fingerprint density at radius 1 is 1.14 bits per heavy atom. The summed E-state index contributed by atoms with van der Waals surface area (Å²) >= 11 is 11.3. The number of carbonyl (C=O) groups excluding carboxylic acids is 1. The van der Waals surface area contributed by atoms with Crippen LogP contribution in [-0.4, -0.2) is 5.91 Å². The first kappa shape index (κ1) is 15.5. The van der Waals surface area contributed by atoms with Crippen molar-refractivity contribution in [2.24, 2.45) is 0 Å². The van der Waals surface area contributed by atoms with Gasteiger partial charge in [0, 0.05) is 14.6 Å². The van der Waals surface area contributed by atoms with Gasteiger partial charge >= 0.3 is 0 Å². The van der Waals surface area contributed by atoms with Gasteiger partial charge in [-0.2, -0.15) is 0 Å². The third-order valence-corrected chi connectivity index (χ3v) is 5.68. The minimum Gasteiger partial charge on any atom is -0.320 e. The molecule has 5 heteroatoms. The summed E-state index contributed by atoms with van der Waals surface area (Å²) in [6.45, 7) is 4.03. The molecule has 0 aliphatic carbocycles. The second kappa shape index (κ2) is 6.03. The van der Waals surface area contributed by atoms with Crippen LogP contribution >= 0.6 is 38.9 Å². The van der Waals surface area contributed by atoms with Gasteiger partial charge in [-0.1, -0.05) is 29.8 Å². The van der Waals surface area contributed by atoms with E-state index in [1.54, 1.807) is 0 Å². The molecule has 0 spiro atoms. The summed E-state index contributed by atoms with van der Waals surface area (Å²) in [6, 6.07) is 11.8. The Kier molecular flexibility index (Phi) is 4.26. The number of aryl methyl sites for hydroxylation is 2. The van der Waals surface area contributed by atoms with Crippen LogP contribution in [-0.2, 0) is 0 Å². The molecule has 0 atom stereocenters. The van der Waals surface area contributed by atoms with Crippen LogP contribution in [0.25, 0.3) is 10.1 Å². The van der Waals surface area contributed by atoms with Crippen LogP contribution in [0.1, 0.15) is 20.8 Å². The highest BCUT2D eigenvalue weighted by atomic mass is 79.9. The Labute approximate surface area is 146 Å². The lowest BCUT2D eigenvalue weighted by molar-refractivity contribution is 0.103. The summed E-state index contributed by atoms with van der Waals surface area (Å²) in [7, 11) is 0. The molecule has 1 aromatic heterocycles. The van der Waals surface area contributed by atoms with Crippen molar-refractivity contribution < 1.29 is 4.79 Å². The van der Waals surface area contributed by atoms with Crippen molar-refractivity contribution in [3.8, 4) is 0 Å². The Bertz CT molecular complexity index is 888. The Hall–Kier alpha value is -1.36. The number of nitrogens with one attached hydrogen (secondary N) is 1. The maximum absolute atomic E-state index is 12.5. The molecule has 0 aliphatic heterocycles. The number of benzene rings is 2. The van der Waals surface area contributed by atoms with Crippen molar-refractivity contribution >= 4 is 60.5 Å². The number of anilines is 1. The fraction of sp³-hybridized carbons (Fsp3) is 0.118. The van der Waals surface area contributed by atoms with E-state index >= 15 is 0 Å². The summed E-state index contributed by atoms with van der Waals surface area (Å²) in [5.74, 6) is -0.187. The summed E-state index contributed by atoms with van der Waals surface area (Å²) in [6.07, 6.45) is 0. The molecule has 1 amide bonds. The summed E-state index contributed by atoms with van der Waals surface area (Å²) < 4.78 is 1.88. The van der Waals surface area contributed by atoms with Gasteiger partial charge in [-0.05, 0) is 59.1 Å². The van der Waals surface area contributed by atoms with Gasteiger partial charge in [-0.15, -0.1) is 11.3 Å². The third-order valence-electron chi connectivity index (χ3n) is 3.36. The maximum atomic E-state index is 12.5. The van der Waals surface area contributed by atoms with Crippen molar-refractivity contribution in [3.63, 3.8) is 0 Å². The highest BCUT2D eigenvalue weighted by Crippen LogP contribution is 2.36. The molecule has 1 heterocycles. The smallest absolute Gasteiger partial charge is 0.267 e. The van der Waals surface area contributed by atoms with Crippen molar-refractivity contribution in [1.82, 2.24) is 0 Å². The first-order valence-electron chi connectivity index (χ1n) is 6.72. The Morgan fingerprint density at radius 3 is 2.55 bits per heavy atom. The highest BCUT2D eigenvalue weighted by molar-refractivity contribution is 9.10. The van der Waals surface area contributed by atoms with Crippen LogP contribution in [0.4, 0.5) is 5.69 Å². The first-order chi connectivity index (χ1) is 10.5. The molecule has 0 bridgehead atoms. The van der Waals surface area contributed by atoms with Crippen LogP contribution in [0.2, 0.25) is 5.02 Å². The molecule has 0 saturated carbocycles. The van der Waals surface area contributed by atoms with E-state index in [4.69, 9.17) is 11.6 Å². The predicted molar refractivity (Wildman–Crippen MR) is 98.4 cm³/mol. The molecule has 0 fully saturated rings. The van der Waals surface area contributed by atoms with E-state index in [1.807, 2.05) is 50.2 Å². The lowest BCUT2D eigenvalue weighted by atomic mass is 10.2. The third kappa shape index (κ3) is 2.91. The van der Waals surface area contributed by atoms with Crippen molar-refractivity contribution in [3.05, 3.63) is 61.9 Å². The van der Waals surface area contributed by atoms with Crippen molar-refractivity contribution in [1.29, 1.82) is 0 Å². The van der Waals surface area contributed by atoms with E-state index in [9.17, 15) is 4.79 Å². The zero-order chi connectivity index (χ0) is 15.9. The lowest BCUT2D eigenvalue weighted by Gasteiger charge is -2.07. The molecule has 2 aromatic carbocycles. The number of hydrogen-bond donors (Lipinski definition) is 1. The van der Waals surface area contributed by atoms with Gasteiger partial charge < -0.3 is 5.32 Å². The molecule has 2 nitrogen and oxygen atoms in total. The van der Waals surface area contributed by atoms with E-state index < -0.39 is 0 Å². The topological polar surface area (TPSA) is 29.1 Å². The summed E-state index contributed by atoms with van der Waals surface area (Å²) in [4.78, 5) is 13.1. The lowest BCUT2D eigenvalue weighted by Crippen LogP contribution is -2.11. The van der Waals surface area contributed by atoms with Crippen LogP contribution < -0.4 is 5.32 Å². The van der Waals surface area contributed by atoms with Gasteiger partial charge in [0.15, 0.2) is 0 Å². The monoisotopic (exact) mass is 393 g/mol. The number of fused-ring (bicyclic) bond motifs is 1. The second-order valence-corrected chi connectivity index (χ2v) is 7.47. The first-order valence-corrected chi connectivity index (χ1v) is 8.70. The van der Waals surface area contributed by atoms with Crippen LogP contribution in [0, 0.1) is 13.8 Å². The normalized spacial score (nSPS) is 10.9. The largest absolute Gasteiger partial charge is 0.320 e. The number of amides is 1. The summed E-state index contributed by atoms with van der Waals surface area (Å²) in [5, 5.41) is 4.35. The SMILES string of the molecule is Cc1ccc(NC(=O)c2sc3cc(C)ccc3c2Cl)c(Br)c1. The molecule has 0 saturated heterocycles. The van der Waals surface area contributed by atoms with Crippen LogP contribution in [0.3, 0.4) is 0 Å². The molecule has 3 aromatic rings. The van der Waals surface area contributed by atoms with Crippen molar-refractivity contribution in [2.45, 2.75) is 13.8 Å². The molecular formula is C17H13BrClNOS. The van der Waals surface area contributed by atoms with E-state index in [1.165, 1.54) is 11.3 Å². The minimum absolute atomic E-state index is 0.187. The molecule has 1 N–H and O–H groups in total. The van der Waals surface area contributed by atoms with Crippen molar-refractivity contribution in [2.75, 3.05) is 5.32 Å². The number of hydrogen-bond acceptors (Lipinski definition) is 2. The average Bonchev–Trinajstić information content (AvgIpc) is 2.78. The number of thiophene rings is 1. The average molecular weight is 395 g/mol. The second-order valence-electron chi connectivity index (χ2n) is 5.18. The molecule has 3 rings (SSSR count). The molecule has 0 aliphatic rings.